The number of aliphatic carboxylic acids is 1. The number of carboxylic acids is 1. The van der Waals surface area contributed by atoms with Crippen LogP contribution in [-0.2, 0) is 14.4 Å². The number of carbonyl (C=O) groups excluding carboxylic acids is 2. The number of carboxylic acid groups (broad SMARTS) is 1. The highest BCUT2D eigenvalue weighted by atomic mass is 79.9. The van der Waals surface area contributed by atoms with Gasteiger partial charge in [-0.25, -0.2) is 0 Å². The van der Waals surface area contributed by atoms with Gasteiger partial charge in [0.2, 0.25) is 5.91 Å². The number of amides is 2. The Hall–Kier alpha value is -1.91. The molecule has 1 aliphatic rings. The zero-order chi connectivity index (χ0) is 22.1. The molecule has 162 valence electrons. The van der Waals surface area contributed by atoms with Crippen molar-refractivity contribution in [3.8, 4) is 5.75 Å². The quantitative estimate of drug-likeness (QED) is 0.233. The number of nitrogens with one attached hydrogen (secondary N) is 1. The molecule has 1 aromatic rings. The second-order valence-corrected chi connectivity index (χ2v) is 9.29. The van der Waals surface area contributed by atoms with E-state index in [9.17, 15) is 19.5 Å². The standard InChI is InChI=1S/C20H23BrN2O5S2/c21-14-7-8-15(24)13(11-14)12-16-19(28)23(20(29)30-16)10-3-1-2-5-17(25)22-9-4-6-18(26)27/h7-8,11-12,24H,1-6,9-10H2,(H,22,25)(H,26,27)/b16-12-. The minimum Gasteiger partial charge on any atom is -0.507 e. The van der Waals surface area contributed by atoms with Gasteiger partial charge in [0.05, 0.1) is 4.91 Å². The number of thiocarbonyl (C=S) groups is 1. The molecule has 2 rings (SSSR count). The summed E-state index contributed by atoms with van der Waals surface area (Å²) in [6.45, 7) is 0.842. The van der Waals surface area contributed by atoms with E-state index in [4.69, 9.17) is 17.3 Å². The Balaban J connectivity index is 1.73. The van der Waals surface area contributed by atoms with Gasteiger partial charge >= 0.3 is 5.97 Å². The zero-order valence-electron chi connectivity index (χ0n) is 16.2. The zero-order valence-corrected chi connectivity index (χ0v) is 19.4. The number of hydrogen-bond donors (Lipinski definition) is 3. The minimum absolute atomic E-state index is 0.0413. The van der Waals surface area contributed by atoms with Gasteiger partial charge in [0.25, 0.3) is 5.91 Å². The van der Waals surface area contributed by atoms with Gasteiger partial charge in [-0.1, -0.05) is 46.3 Å². The van der Waals surface area contributed by atoms with E-state index in [0.29, 0.717) is 53.6 Å². The third kappa shape index (κ3) is 7.73. The number of phenolic OH excluding ortho intramolecular Hbond substituents is 1. The van der Waals surface area contributed by atoms with E-state index in [2.05, 4.69) is 21.2 Å². The summed E-state index contributed by atoms with van der Waals surface area (Å²) in [6.07, 6.45) is 4.63. The fraction of sp³-hybridized carbons (Fsp3) is 0.400. The van der Waals surface area contributed by atoms with Gasteiger partial charge in [-0.2, -0.15) is 0 Å². The molecule has 7 nitrogen and oxygen atoms in total. The molecule has 0 saturated carbocycles. The van der Waals surface area contributed by atoms with E-state index >= 15 is 0 Å². The maximum Gasteiger partial charge on any atom is 0.303 e. The highest BCUT2D eigenvalue weighted by Gasteiger charge is 2.31. The normalized spacial score (nSPS) is 15.1. The van der Waals surface area contributed by atoms with Crippen LogP contribution in [0.4, 0.5) is 0 Å². The summed E-state index contributed by atoms with van der Waals surface area (Å²) in [5.74, 6) is -1.06. The average molecular weight is 515 g/mol. The number of aromatic hydroxyl groups is 1. The van der Waals surface area contributed by atoms with Crippen LogP contribution in [-0.4, -0.2) is 50.3 Å². The maximum atomic E-state index is 12.6. The third-order valence-electron chi connectivity index (χ3n) is 4.32. The first kappa shape index (κ1) is 24.4. The number of benzene rings is 1. The lowest BCUT2D eigenvalue weighted by molar-refractivity contribution is -0.137. The summed E-state index contributed by atoms with van der Waals surface area (Å²) in [5.41, 5.74) is 0.541. The van der Waals surface area contributed by atoms with Crippen molar-refractivity contribution < 1.29 is 24.6 Å². The van der Waals surface area contributed by atoms with Crippen LogP contribution in [0.5, 0.6) is 5.75 Å². The molecule has 0 radical (unpaired) electrons. The summed E-state index contributed by atoms with van der Waals surface area (Å²) in [4.78, 5) is 36.8. The number of phenols is 1. The average Bonchev–Trinajstić information content (AvgIpc) is 2.95. The number of halogens is 1. The van der Waals surface area contributed by atoms with Gasteiger partial charge in [-0.05, 0) is 43.5 Å². The first-order chi connectivity index (χ1) is 14.3. The fourth-order valence-electron chi connectivity index (χ4n) is 2.76. The van der Waals surface area contributed by atoms with Crippen molar-refractivity contribution in [3.05, 3.63) is 33.1 Å². The number of rotatable bonds is 11. The van der Waals surface area contributed by atoms with Crippen LogP contribution < -0.4 is 5.32 Å². The molecular formula is C20H23BrN2O5S2. The molecule has 1 fully saturated rings. The Labute approximate surface area is 193 Å². The molecule has 1 aromatic carbocycles. The van der Waals surface area contributed by atoms with Crippen LogP contribution in [0.15, 0.2) is 27.6 Å². The van der Waals surface area contributed by atoms with Crippen LogP contribution in [0.1, 0.15) is 44.1 Å². The number of hydrogen-bond acceptors (Lipinski definition) is 6. The first-order valence-corrected chi connectivity index (χ1v) is 11.5. The Morgan fingerprint density at radius 3 is 2.70 bits per heavy atom. The lowest BCUT2D eigenvalue weighted by atomic mass is 10.1. The molecule has 0 spiro atoms. The van der Waals surface area contributed by atoms with Crippen molar-refractivity contribution in [1.82, 2.24) is 10.2 Å². The summed E-state index contributed by atoms with van der Waals surface area (Å²) < 4.78 is 1.28. The lowest BCUT2D eigenvalue weighted by Gasteiger charge is -2.14. The molecule has 1 heterocycles. The first-order valence-electron chi connectivity index (χ1n) is 9.50. The highest BCUT2D eigenvalue weighted by Crippen LogP contribution is 2.34. The molecular weight excluding hydrogens is 492 g/mol. The summed E-state index contributed by atoms with van der Waals surface area (Å²) >= 11 is 9.87. The van der Waals surface area contributed by atoms with E-state index in [1.807, 2.05) is 0 Å². The van der Waals surface area contributed by atoms with Crippen molar-refractivity contribution in [2.45, 2.75) is 38.5 Å². The summed E-state index contributed by atoms with van der Waals surface area (Å²) in [7, 11) is 0. The smallest absolute Gasteiger partial charge is 0.303 e. The second-order valence-electron chi connectivity index (χ2n) is 6.69. The maximum absolute atomic E-state index is 12.6. The third-order valence-corrected chi connectivity index (χ3v) is 6.20. The number of nitrogens with zero attached hydrogens (tertiary/aromatic N) is 1. The fourth-order valence-corrected chi connectivity index (χ4v) is 4.44. The van der Waals surface area contributed by atoms with Gasteiger partial charge in [0.1, 0.15) is 10.1 Å². The topological polar surface area (TPSA) is 107 Å². The van der Waals surface area contributed by atoms with Crippen LogP contribution in [0, 0.1) is 0 Å². The summed E-state index contributed by atoms with van der Waals surface area (Å²) in [5, 5.41) is 21.2. The molecule has 3 N–H and O–H groups in total. The van der Waals surface area contributed by atoms with Crippen LogP contribution in [0.2, 0.25) is 0 Å². The molecule has 10 heteroatoms. The largest absolute Gasteiger partial charge is 0.507 e. The molecule has 30 heavy (non-hydrogen) atoms. The van der Waals surface area contributed by atoms with Crippen molar-refractivity contribution in [2.24, 2.45) is 0 Å². The molecule has 0 aromatic heterocycles. The van der Waals surface area contributed by atoms with E-state index in [1.165, 1.54) is 11.8 Å². The molecule has 0 bridgehead atoms. The van der Waals surface area contributed by atoms with E-state index in [0.717, 1.165) is 10.9 Å². The Morgan fingerprint density at radius 1 is 1.20 bits per heavy atom. The summed E-state index contributed by atoms with van der Waals surface area (Å²) in [6, 6.07) is 5.00. The number of thioether (sulfide) groups is 1. The molecule has 0 aliphatic carbocycles. The van der Waals surface area contributed by atoms with Gasteiger partial charge in [-0.3, -0.25) is 19.3 Å². The second kappa shape index (κ2) is 12.1. The monoisotopic (exact) mass is 514 g/mol. The van der Waals surface area contributed by atoms with Crippen LogP contribution in [0.25, 0.3) is 6.08 Å². The molecule has 1 saturated heterocycles. The lowest BCUT2D eigenvalue weighted by Crippen LogP contribution is -2.29. The van der Waals surface area contributed by atoms with Gasteiger partial charge in [0, 0.05) is 36.0 Å². The number of carbonyl (C=O) groups is 3. The Morgan fingerprint density at radius 2 is 1.97 bits per heavy atom. The molecule has 0 unspecified atom stereocenters. The van der Waals surface area contributed by atoms with E-state index in [1.54, 1.807) is 29.2 Å². The van der Waals surface area contributed by atoms with Crippen molar-refractivity contribution in [3.63, 3.8) is 0 Å². The predicted molar refractivity (Wildman–Crippen MR) is 124 cm³/mol. The van der Waals surface area contributed by atoms with Gasteiger partial charge in [0.15, 0.2) is 0 Å². The van der Waals surface area contributed by atoms with Crippen LogP contribution in [0.3, 0.4) is 0 Å². The van der Waals surface area contributed by atoms with Crippen LogP contribution >= 0.6 is 39.9 Å². The Kier molecular flexibility index (Phi) is 9.80. The highest BCUT2D eigenvalue weighted by molar-refractivity contribution is 9.10. The number of unbranched alkanes of at least 4 members (excludes halogenated alkanes) is 2. The van der Waals surface area contributed by atoms with Crippen molar-refractivity contribution >= 4 is 68.1 Å². The molecule has 0 atom stereocenters. The SMILES string of the molecule is O=C(O)CCCNC(=O)CCCCCN1C(=O)/C(=C/c2cc(Br)ccc2O)SC1=S. The van der Waals surface area contributed by atoms with Gasteiger partial charge < -0.3 is 15.5 Å². The molecule has 1 aliphatic heterocycles. The molecule has 2 amide bonds. The van der Waals surface area contributed by atoms with Crippen molar-refractivity contribution in [1.29, 1.82) is 0 Å². The van der Waals surface area contributed by atoms with E-state index in [-0.39, 0.29) is 24.0 Å². The predicted octanol–water partition coefficient (Wildman–Crippen LogP) is 3.90. The van der Waals surface area contributed by atoms with Crippen molar-refractivity contribution in [2.75, 3.05) is 13.1 Å². The Bertz CT molecular complexity index is 860. The van der Waals surface area contributed by atoms with E-state index < -0.39 is 5.97 Å². The van der Waals surface area contributed by atoms with Gasteiger partial charge in [-0.15, -0.1) is 0 Å². The minimum atomic E-state index is -0.872.